The molecule has 0 fully saturated rings. The maximum Gasteiger partial charge on any atom is 0.407 e. The van der Waals surface area contributed by atoms with Gasteiger partial charge in [-0.25, -0.2) is 9.59 Å². The molecule has 1 aliphatic carbocycles. The minimum absolute atomic E-state index is 0.0382. The molecule has 0 saturated heterocycles. The van der Waals surface area contributed by atoms with E-state index in [0.29, 0.717) is 19.3 Å². The molecule has 3 N–H and O–H groups in total. The van der Waals surface area contributed by atoms with Crippen LogP contribution in [0.5, 0.6) is 0 Å². The molecule has 3 rings (SSSR count). The first-order valence-electron chi connectivity index (χ1n) is 11.1. The van der Waals surface area contributed by atoms with Crippen molar-refractivity contribution in [2.24, 2.45) is 5.92 Å². The van der Waals surface area contributed by atoms with E-state index in [1.165, 1.54) is 0 Å². The van der Waals surface area contributed by atoms with E-state index in [0.717, 1.165) is 22.3 Å². The molecule has 0 saturated carbocycles. The molecule has 2 aromatic rings. The minimum atomic E-state index is -1.06. The SMILES string of the molecule is CCC[C@@H](NC(=O)C(CC)CNC(=O)OCC1c2ccccc2-c2ccccc21)C(=O)O. The van der Waals surface area contributed by atoms with Gasteiger partial charge in [-0.15, -0.1) is 0 Å². The molecule has 1 unspecified atom stereocenters. The van der Waals surface area contributed by atoms with Gasteiger partial charge in [0.25, 0.3) is 0 Å². The van der Waals surface area contributed by atoms with E-state index >= 15 is 0 Å². The Hall–Kier alpha value is -3.35. The summed E-state index contributed by atoms with van der Waals surface area (Å²) in [6.07, 6.45) is 0.874. The Morgan fingerprint density at radius 2 is 1.59 bits per heavy atom. The van der Waals surface area contributed by atoms with Gasteiger partial charge in [0.15, 0.2) is 0 Å². The van der Waals surface area contributed by atoms with Gasteiger partial charge in [-0.1, -0.05) is 68.8 Å². The van der Waals surface area contributed by atoms with Gasteiger partial charge in [-0.2, -0.15) is 0 Å². The Morgan fingerprint density at radius 3 is 2.12 bits per heavy atom. The van der Waals surface area contributed by atoms with Crippen molar-refractivity contribution in [1.29, 1.82) is 0 Å². The van der Waals surface area contributed by atoms with Crippen LogP contribution in [-0.2, 0) is 14.3 Å². The Bertz CT molecular complexity index is 929. The number of carboxylic acid groups (broad SMARTS) is 1. The molecule has 0 aliphatic heterocycles. The summed E-state index contributed by atoms with van der Waals surface area (Å²) in [5.41, 5.74) is 4.56. The van der Waals surface area contributed by atoms with Crippen LogP contribution in [0.15, 0.2) is 48.5 Å². The predicted octanol–water partition coefficient (Wildman–Crippen LogP) is 3.92. The van der Waals surface area contributed by atoms with Crippen LogP contribution >= 0.6 is 0 Å². The number of hydrogen-bond acceptors (Lipinski definition) is 4. The summed E-state index contributed by atoms with van der Waals surface area (Å²) < 4.78 is 5.50. The van der Waals surface area contributed by atoms with Crippen molar-refractivity contribution in [3.05, 3.63) is 59.7 Å². The summed E-state index contributed by atoms with van der Waals surface area (Å²) in [5.74, 6) is -2.01. The van der Waals surface area contributed by atoms with E-state index in [4.69, 9.17) is 4.74 Å². The topological polar surface area (TPSA) is 105 Å². The third kappa shape index (κ3) is 5.28. The van der Waals surface area contributed by atoms with Gasteiger partial charge in [-0.3, -0.25) is 4.79 Å². The Labute approximate surface area is 188 Å². The summed E-state index contributed by atoms with van der Waals surface area (Å²) in [7, 11) is 0. The van der Waals surface area contributed by atoms with E-state index in [1.807, 2.05) is 50.2 Å². The third-order valence-corrected chi connectivity index (χ3v) is 5.89. The fourth-order valence-corrected chi connectivity index (χ4v) is 4.11. The molecule has 2 atom stereocenters. The Morgan fingerprint density at radius 1 is 1.00 bits per heavy atom. The number of rotatable bonds is 10. The number of carbonyl (C=O) groups excluding carboxylic acids is 2. The predicted molar refractivity (Wildman–Crippen MR) is 121 cm³/mol. The molecule has 0 bridgehead atoms. The molecule has 7 heteroatoms. The monoisotopic (exact) mass is 438 g/mol. The quantitative estimate of drug-likeness (QED) is 0.521. The normalized spacial score (nSPS) is 14.1. The molecular weight excluding hydrogens is 408 g/mol. The molecule has 2 aromatic carbocycles. The molecule has 32 heavy (non-hydrogen) atoms. The van der Waals surface area contributed by atoms with Crippen molar-refractivity contribution >= 4 is 18.0 Å². The standard InChI is InChI=1S/C25H30N2O5/c1-3-9-22(24(29)30)27-23(28)16(4-2)14-26-25(31)32-15-21-19-12-7-5-10-17(19)18-11-6-8-13-20(18)21/h5-8,10-13,16,21-22H,3-4,9,14-15H2,1-2H3,(H,26,31)(H,27,28)(H,29,30)/t16?,22-/m1/s1. The van der Waals surface area contributed by atoms with Crippen LogP contribution in [0, 0.1) is 5.92 Å². The first-order chi connectivity index (χ1) is 15.5. The van der Waals surface area contributed by atoms with Crippen molar-refractivity contribution in [3.63, 3.8) is 0 Å². The molecule has 0 spiro atoms. The lowest BCUT2D eigenvalue weighted by Crippen LogP contribution is -2.46. The number of hydrogen-bond donors (Lipinski definition) is 3. The highest BCUT2D eigenvalue weighted by Gasteiger charge is 2.29. The van der Waals surface area contributed by atoms with E-state index in [1.54, 1.807) is 0 Å². The highest BCUT2D eigenvalue weighted by Crippen LogP contribution is 2.44. The van der Waals surface area contributed by atoms with Gasteiger partial charge in [0.1, 0.15) is 12.6 Å². The first kappa shape index (κ1) is 23.3. The number of aliphatic carboxylic acids is 1. The molecule has 2 amide bonds. The van der Waals surface area contributed by atoms with E-state index < -0.39 is 24.0 Å². The highest BCUT2D eigenvalue weighted by molar-refractivity contribution is 5.85. The van der Waals surface area contributed by atoms with Crippen LogP contribution < -0.4 is 10.6 Å². The summed E-state index contributed by atoms with van der Waals surface area (Å²) in [6.45, 7) is 3.95. The molecule has 0 heterocycles. The average Bonchev–Trinajstić information content (AvgIpc) is 3.11. The van der Waals surface area contributed by atoms with E-state index in [2.05, 4.69) is 22.8 Å². The van der Waals surface area contributed by atoms with Crippen molar-refractivity contribution in [3.8, 4) is 11.1 Å². The van der Waals surface area contributed by atoms with Crippen molar-refractivity contribution in [2.75, 3.05) is 13.2 Å². The van der Waals surface area contributed by atoms with Crippen LogP contribution in [0.2, 0.25) is 0 Å². The van der Waals surface area contributed by atoms with E-state index in [-0.39, 0.29) is 25.0 Å². The first-order valence-corrected chi connectivity index (χ1v) is 11.1. The van der Waals surface area contributed by atoms with Crippen LogP contribution in [0.25, 0.3) is 11.1 Å². The average molecular weight is 439 g/mol. The lowest BCUT2D eigenvalue weighted by Gasteiger charge is -2.20. The summed E-state index contributed by atoms with van der Waals surface area (Å²) in [5, 5.41) is 14.4. The Balaban J connectivity index is 1.55. The zero-order valence-electron chi connectivity index (χ0n) is 18.5. The number of amides is 2. The summed E-state index contributed by atoms with van der Waals surface area (Å²) in [6, 6.07) is 15.3. The molecule has 170 valence electrons. The van der Waals surface area contributed by atoms with Crippen LogP contribution in [0.4, 0.5) is 4.79 Å². The fourth-order valence-electron chi connectivity index (χ4n) is 4.11. The van der Waals surface area contributed by atoms with Gasteiger partial charge in [0.2, 0.25) is 5.91 Å². The van der Waals surface area contributed by atoms with Crippen LogP contribution in [-0.4, -0.2) is 42.3 Å². The second-order valence-corrected chi connectivity index (χ2v) is 8.00. The number of ether oxygens (including phenoxy) is 1. The van der Waals surface area contributed by atoms with Gasteiger partial charge in [0, 0.05) is 12.5 Å². The van der Waals surface area contributed by atoms with Crippen molar-refractivity contribution in [1.82, 2.24) is 10.6 Å². The Kier molecular flexibility index (Phi) is 7.87. The second kappa shape index (κ2) is 10.8. The summed E-state index contributed by atoms with van der Waals surface area (Å²) in [4.78, 5) is 36.1. The number of carbonyl (C=O) groups is 3. The van der Waals surface area contributed by atoms with Gasteiger partial charge >= 0.3 is 12.1 Å². The van der Waals surface area contributed by atoms with Crippen LogP contribution in [0.3, 0.4) is 0 Å². The number of alkyl carbamates (subject to hydrolysis) is 1. The number of benzene rings is 2. The third-order valence-electron chi connectivity index (χ3n) is 5.89. The molecular formula is C25H30N2O5. The number of nitrogens with one attached hydrogen (secondary N) is 2. The number of carboxylic acids is 1. The largest absolute Gasteiger partial charge is 0.480 e. The highest BCUT2D eigenvalue weighted by atomic mass is 16.5. The van der Waals surface area contributed by atoms with Crippen molar-refractivity contribution in [2.45, 2.75) is 45.1 Å². The molecule has 1 aliphatic rings. The lowest BCUT2D eigenvalue weighted by molar-refractivity contribution is -0.142. The lowest BCUT2D eigenvalue weighted by atomic mass is 9.98. The molecule has 7 nitrogen and oxygen atoms in total. The molecule has 0 aromatic heterocycles. The maximum absolute atomic E-state index is 12.5. The smallest absolute Gasteiger partial charge is 0.407 e. The maximum atomic E-state index is 12.5. The van der Waals surface area contributed by atoms with Crippen LogP contribution in [0.1, 0.15) is 50.2 Å². The van der Waals surface area contributed by atoms with Gasteiger partial charge in [-0.05, 0) is 35.1 Å². The van der Waals surface area contributed by atoms with Gasteiger partial charge < -0.3 is 20.5 Å². The minimum Gasteiger partial charge on any atom is -0.480 e. The fraction of sp³-hybridized carbons (Fsp3) is 0.400. The van der Waals surface area contributed by atoms with Gasteiger partial charge in [0.05, 0.1) is 5.92 Å². The zero-order valence-corrected chi connectivity index (χ0v) is 18.5. The number of fused-ring (bicyclic) bond motifs is 3. The zero-order chi connectivity index (χ0) is 23.1. The van der Waals surface area contributed by atoms with E-state index in [9.17, 15) is 19.5 Å². The second-order valence-electron chi connectivity index (χ2n) is 8.00. The van der Waals surface area contributed by atoms with Crippen molar-refractivity contribution < 1.29 is 24.2 Å². The summed E-state index contributed by atoms with van der Waals surface area (Å²) >= 11 is 0. The molecule has 0 radical (unpaired) electrons.